The summed E-state index contributed by atoms with van der Waals surface area (Å²) in [5, 5.41) is 2.43. The predicted molar refractivity (Wildman–Crippen MR) is 44.2 cm³/mol. The van der Waals surface area contributed by atoms with Crippen LogP contribution >= 0.6 is 0 Å². The van der Waals surface area contributed by atoms with Gasteiger partial charge in [-0.25, -0.2) is 8.78 Å². The molecule has 0 aliphatic carbocycles. The highest BCUT2D eigenvalue weighted by atomic mass is 19.1. The third kappa shape index (κ3) is 1.41. The summed E-state index contributed by atoms with van der Waals surface area (Å²) in [5.74, 6) is -2.28. The molecule has 0 unspecified atom stereocenters. The minimum Gasteiger partial charge on any atom is -0.491 e. The molecular formula is C9H7F2NO2. The zero-order valence-corrected chi connectivity index (χ0v) is 7.14. The third-order valence-corrected chi connectivity index (χ3v) is 1.89. The van der Waals surface area contributed by atoms with Crippen molar-refractivity contribution in [2.45, 2.75) is 0 Å². The molecule has 3 nitrogen and oxygen atoms in total. The Morgan fingerprint density at radius 2 is 2.14 bits per heavy atom. The van der Waals surface area contributed by atoms with E-state index in [0.717, 1.165) is 6.07 Å². The Labute approximate surface area is 78.7 Å². The SMILES string of the molecule is O=C1NCCOc2cc(F)cc(F)c21. The average Bonchev–Trinajstić information content (AvgIpc) is 2.27. The number of hydrogen-bond acceptors (Lipinski definition) is 2. The zero-order valence-electron chi connectivity index (χ0n) is 7.14. The Bertz CT molecular complexity index is 393. The molecule has 1 aliphatic heterocycles. The van der Waals surface area contributed by atoms with Crippen LogP contribution in [0.3, 0.4) is 0 Å². The minimum absolute atomic E-state index is 0.0440. The van der Waals surface area contributed by atoms with Crippen molar-refractivity contribution in [3.63, 3.8) is 0 Å². The number of amides is 1. The molecule has 1 N–H and O–H groups in total. The van der Waals surface area contributed by atoms with Crippen molar-refractivity contribution in [2.75, 3.05) is 13.2 Å². The van der Waals surface area contributed by atoms with Gasteiger partial charge >= 0.3 is 0 Å². The normalized spacial score (nSPS) is 15.1. The van der Waals surface area contributed by atoms with Gasteiger partial charge in [-0.15, -0.1) is 0 Å². The van der Waals surface area contributed by atoms with Crippen molar-refractivity contribution >= 4 is 5.91 Å². The van der Waals surface area contributed by atoms with E-state index in [2.05, 4.69) is 5.32 Å². The first-order chi connectivity index (χ1) is 6.68. The molecule has 0 aromatic heterocycles. The molecule has 0 spiro atoms. The molecule has 0 saturated carbocycles. The minimum atomic E-state index is -0.903. The number of carbonyl (C=O) groups is 1. The molecule has 0 fully saturated rings. The van der Waals surface area contributed by atoms with E-state index in [1.165, 1.54) is 0 Å². The van der Waals surface area contributed by atoms with Crippen LogP contribution in [-0.2, 0) is 0 Å². The van der Waals surface area contributed by atoms with E-state index in [1.807, 2.05) is 0 Å². The maximum atomic E-state index is 13.2. The van der Waals surface area contributed by atoms with E-state index in [-0.39, 0.29) is 24.5 Å². The van der Waals surface area contributed by atoms with Crippen LogP contribution in [0.5, 0.6) is 5.75 Å². The lowest BCUT2D eigenvalue weighted by atomic mass is 10.1. The van der Waals surface area contributed by atoms with Gasteiger partial charge in [0, 0.05) is 12.1 Å². The second-order valence-electron chi connectivity index (χ2n) is 2.87. The number of halogens is 2. The van der Waals surface area contributed by atoms with Crippen LogP contribution in [0.15, 0.2) is 12.1 Å². The first-order valence-electron chi connectivity index (χ1n) is 4.08. The number of fused-ring (bicyclic) bond motifs is 1. The monoisotopic (exact) mass is 199 g/mol. The van der Waals surface area contributed by atoms with Gasteiger partial charge in [0.05, 0.1) is 6.54 Å². The summed E-state index contributed by atoms with van der Waals surface area (Å²) in [6, 6.07) is 1.66. The number of hydrogen-bond donors (Lipinski definition) is 1. The van der Waals surface area contributed by atoms with E-state index in [1.54, 1.807) is 0 Å². The first-order valence-corrected chi connectivity index (χ1v) is 4.08. The third-order valence-electron chi connectivity index (χ3n) is 1.89. The number of ether oxygens (including phenoxy) is 1. The van der Waals surface area contributed by atoms with Gasteiger partial charge in [-0.1, -0.05) is 0 Å². The Morgan fingerprint density at radius 3 is 2.93 bits per heavy atom. The van der Waals surface area contributed by atoms with Crippen LogP contribution in [0, 0.1) is 11.6 Å². The van der Waals surface area contributed by atoms with Crippen molar-refractivity contribution in [1.29, 1.82) is 0 Å². The lowest BCUT2D eigenvalue weighted by Gasteiger charge is -2.05. The van der Waals surface area contributed by atoms with Crippen molar-refractivity contribution < 1.29 is 18.3 Å². The Kier molecular flexibility index (Phi) is 2.07. The van der Waals surface area contributed by atoms with E-state index < -0.39 is 17.5 Å². The van der Waals surface area contributed by atoms with Gasteiger partial charge in [-0.2, -0.15) is 0 Å². The molecule has 1 aliphatic rings. The van der Waals surface area contributed by atoms with Crippen LogP contribution in [-0.4, -0.2) is 19.1 Å². The topological polar surface area (TPSA) is 38.3 Å². The summed E-state index contributed by atoms with van der Waals surface area (Å²) in [7, 11) is 0. The summed E-state index contributed by atoms with van der Waals surface area (Å²) in [5.41, 5.74) is -0.232. The Morgan fingerprint density at radius 1 is 1.36 bits per heavy atom. The predicted octanol–water partition coefficient (Wildman–Crippen LogP) is 1.09. The van der Waals surface area contributed by atoms with Crippen LogP contribution in [0.2, 0.25) is 0 Å². The summed E-state index contributed by atoms with van der Waals surface area (Å²) < 4.78 is 31.0. The molecule has 1 aromatic carbocycles. The highest BCUT2D eigenvalue weighted by Crippen LogP contribution is 2.24. The maximum absolute atomic E-state index is 13.2. The molecule has 5 heteroatoms. The molecule has 0 atom stereocenters. The van der Waals surface area contributed by atoms with Crippen molar-refractivity contribution in [1.82, 2.24) is 5.32 Å². The van der Waals surface area contributed by atoms with Crippen LogP contribution in [0.25, 0.3) is 0 Å². The van der Waals surface area contributed by atoms with E-state index in [0.29, 0.717) is 6.07 Å². The highest BCUT2D eigenvalue weighted by molar-refractivity contribution is 5.97. The number of benzene rings is 1. The van der Waals surface area contributed by atoms with Gasteiger partial charge in [-0.05, 0) is 0 Å². The summed E-state index contributed by atoms with van der Waals surface area (Å²) >= 11 is 0. The smallest absolute Gasteiger partial charge is 0.258 e. The fourth-order valence-corrected chi connectivity index (χ4v) is 1.30. The largest absolute Gasteiger partial charge is 0.491 e. The van der Waals surface area contributed by atoms with Crippen LogP contribution < -0.4 is 10.1 Å². The van der Waals surface area contributed by atoms with Gasteiger partial charge in [0.15, 0.2) is 0 Å². The van der Waals surface area contributed by atoms with Crippen molar-refractivity contribution in [3.8, 4) is 5.75 Å². The number of carbonyl (C=O) groups excluding carboxylic acids is 1. The molecule has 0 radical (unpaired) electrons. The molecular weight excluding hydrogens is 192 g/mol. The van der Waals surface area contributed by atoms with Crippen molar-refractivity contribution in [2.24, 2.45) is 0 Å². The molecule has 0 bridgehead atoms. The quantitative estimate of drug-likeness (QED) is 0.679. The van der Waals surface area contributed by atoms with Gasteiger partial charge in [-0.3, -0.25) is 4.79 Å². The van der Waals surface area contributed by atoms with E-state index in [9.17, 15) is 13.6 Å². The maximum Gasteiger partial charge on any atom is 0.258 e. The summed E-state index contributed by atoms with van der Waals surface area (Å²) in [6.45, 7) is 0.496. The standard InChI is InChI=1S/C9H7F2NO2/c10-5-3-6(11)8-7(4-5)14-2-1-12-9(8)13/h3-4H,1-2H2,(H,12,13). The number of rotatable bonds is 0. The number of nitrogens with one attached hydrogen (secondary N) is 1. The zero-order chi connectivity index (χ0) is 10.1. The van der Waals surface area contributed by atoms with Gasteiger partial charge < -0.3 is 10.1 Å². The highest BCUT2D eigenvalue weighted by Gasteiger charge is 2.21. The fourth-order valence-electron chi connectivity index (χ4n) is 1.30. The van der Waals surface area contributed by atoms with Gasteiger partial charge in [0.25, 0.3) is 5.91 Å². The second kappa shape index (κ2) is 3.25. The molecule has 1 amide bonds. The molecule has 14 heavy (non-hydrogen) atoms. The van der Waals surface area contributed by atoms with E-state index in [4.69, 9.17) is 4.74 Å². The summed E-state index contributed by atoms with van der Waals surface area (Å²) in [6.07, 6.45) is 0. The van der Waals surface area contributed by atoms with Gasteiger partial charge in [0.1, 0.15) is 29.6 Å². The lowest BCUT2D eigenvalue weighted by Crippen LogP contribution is -2.25. The molecule has 74 valence electrons. The van der Waals surface area contributed by atoms with E-state index >= 15 is 0 Å². The molecule has 1 heterocycles. The van der Waals surface area contributed by atoms with Gasteiger partial charge in [0.2, 0.25) is 0 Å². The average molecular weight is 199 g/mol. The van der Waals surface area contributed by atoms with Crippen LogP contribution in [0.4, 0.5) is 8.78 Å². The fraction of sp³-hybridized carbons (Fsp3) is 0.222. The van der Waals surface area contributed by atoms with Crippen molar-refractivity contribution in [3.05, 3.63) is 29.3 Å². The Balaban J connectivity index is 2.58. The first kappa shape index (κ1) is 8.93. The molecule has 1 aromatic rings. The Hall–Kier alpha value is -1.65. The summed E-state index contributed by atoms with van der Waals surface area (Å²) in [4.78, 5) is 11.3. The van der Waals surface area contributed by atoms with Crippen LogP contribution in [0.1, 0.15) is 10.4 Å². The second-order valence-corrected chi connectivity index (χ2v) is 2.87. The molecule has 0 saturated heterocycles. The lowest BCUT2D eigenvalue weighted by molar-refractivity contribution is 0.0953. The molecule has 2 rings (SSSR count).